The van der Waals surface area contributed by atoms with Crippen LogP contribution in [-0.2, 0) is 6.54 Å². The van der Waals surface area contributed by atoms with Gasteiger partial charge >= 0.3 is 0 Å². The molecule has 2 nitrogen and oxygen atoms in total. The molecule has 0 saturated heterocycles. The summed E-state index contributed by atoms with van der Waals surface area (Å²) in [6.07, 6.45) is 3.41. The number of ketones is 1. The van der Waals surface area contributed by atoms with Crippen LogP contribution >= 0.6 is 11.6 Å². The van der Waals surface area contributed by atoms with E-state index in [0.717, 1.165) is 34.5 Å². The van der Waals surface area contributed by atoms with E-state index in [-0.39, 0.29) is 5.78 Å². The Morgan fingerprint density at radius 1 is 1.00 bits per heavy atom. The number of carbonyl (C=O) groups excluding carboxylic acids is 1. The lowest BCUT2D eigenvalue weighted by molar-refractivity contribution is 0.0978. The van der Waals surface area contributed by atoms with Gasteiger partial charge in [0.05, 0.1) is 0 Å². The Labute approximate surface area is 129 Å². The molecule has 3 aromatic rings. The summed E-state index contributed by atoms with van der Waals surface area (Å²) in [6.45, 7) is 0.822. The maximum absolute atomic E-state index is 12.1. The van der Waals surface area contributed by atoms with Crippen molar-refractivity contribution in [3.8, 4) is 0 Å². The van der Waals surface area contributed by atoms with Crippen LogP contribution in [0.25, 0.3) is 10.9 Å². The van der Waals surface area contributed by atoms with Gasteiger partial charge in [0.15, 0.2) is 5.78 Å². The van der Waals surface area contributed by atoms with Gasteiger partial charge in [-0.2, -0.15) is 0 Å². The third kappa shape index (κ3) is 3.01. The molecule has 0 aliphatic carbocycles. The minimum absolute atomic E-state index is 0.199. The number of hydrogen-bond acceptors (Lipinski definition) is 1. The standard InChI is InChI=1S/C18H16ClNO/c19-16-8-4-9-17-15(16)11-13-20(17)12-5-10-18(21)14-6-2-1-3-7-14/h1-4,6-9,11,13H,5,10,12H2. The van der Waals surface area contributed by atoms with Gasteiger partial charge in [-0.1, -0.05) is 48.0 Å². The second kappa shape index (κ2) is 6.15. The van der Waals surface area contributed by atoms with Gasteiger partial charge in [-0.05, 0) is 24.6 Å². The van der Waals surface area contributed by atoms with Gasteiger partial charge in [-0.3, -0.25) is 4.79 Å². The number of Topliss-reactive ketones (excluding diaryl/α,β-unsaturated/α-hetero) is 1. The molecule has 0 N–H and O–H groups in total. The predicted octanol–water partition coefficient (Wildman–Crippen LogP) is 4.96. The van der Waals surface area contributed by atoms with Crippen molar-refractivity contribution in [1.29, 1.82) is 0 Å². The van der Waals surface area contributed by atoms with Gasteiger partial charge in [-0.25, -0.2) is 0 Å². The number of aryl methyl sites for hydroxylation is 1. The highest BCUT2D eigenvalue weighted by Crippen LogP contribution is 2.24. The highest BCUT2D eigenvalue weighted by molar-refractivity contribution is 6.35. The molecular formula is C18H16ClNO. The number of hydrogen-bond donors (Lipinski definition) is 0. The fourth-order valence-electron chi connectivity index (χ4n) is 2.56. The largest absolute Gasteiger partial charge is 0.347 e. The zero-order valence-electron chi connectivity index (χ0n) is 11.6. The Balaban J connectivity index is 1.65. The van der Waals surface area contributed by atoms with Crippen molar-refractivity contribution in [3.05, 3.63) is 71.4 Å². The molecule has 1 heterocycles. The predicted molar refractivity (Wildman–Crippen MR) is 87.0 cm³/mol. The molecule has 0 amide bonds. The van der Waals surface area contributed by atoms with Crippen LogP contribution in [0.4, 0.5) is 0 Å². The molecule has 21 heavy (non-hydrogen) atoms. The van der Waals surface area contributed by atoms with E-state index in [1.54, 1.807) is 0 Å². The lowest BCUT2D eigenvalue weighted by atomic mass is 10.1. The number of halogens is 1. The zero-order chi connectivity index (χ0) is 14.7. The average molecular weight is 298 g/mol. The molecule has 3 heteroatoms. The van der Waals surface area contributed by atoms with Crippen LogP contribution in [-0.4, -0.2) is 10.4 Å². The molecule has 2 aromatic carbocycles. The van der Waals surface area contributed by atoms with E-state index in [1.807, 2.05) is 54.7 Å². The van der Waals surface area contributed by atoms with Crippen LogP contribution < -0.4 is 0 Å². The maximum Gasteiger partial charge on any atom is 0.162 e. The van der Waals surface area contributed by atoms with E-state index in [2.05, 4.69) is 10.6 Å². The molecular weight excluding hydrogens is 282 g/mol. The maximum atomic E-state index is 12.1. The number of benzene rings is 2. The summed E-state index contributed by atoms with van der Waals surface area (Å²) in [6, 6.07) is 17.4. The summed E-state index contributed by atoms with van der Waals surface area (Å²) in [5, 5.41) is 1.83. The van der Waals surface area contributed by atoms with Crippen LogP contribution in [0.15, 0.2) is 60.8 Å². The molecule has 0 aliphatic heterocycles. The summed E-state index contributed by atoms with van der Waals surface area (Å²) in [5.74, 6) is 0.199. The van der Waals surface area contributed by atoms with Crippen LogP contribution in [0.5, 0.6) is 0 Å². The summed E-state index contributed by atoms with van der Waals surface area (Å²) in [7, 11) is 0. The summed E-state index contributed by atoms with van der Waals surface area (Å²) in [5.41, 5.74) is 1.91. The molecule has 0 bridgehead atoms. The first-order chi connectivity index (χ1) is 10.3. The highest BCUT2D eigenvalue weighted by atomic mass is 35.5. The molecule has 0 fully saturated rings. The van der Waals surface area contributed by atoms with Crippen molar-refractivity contribution >= 4 is 28.3 Å². The number of rotatable bonds is 5. The van der Waals surface area contributed by atoms with Crippen LogP contribution in [0.2, 0.25) is 5.02 Å². The van der Waals surface area contributed by atoms with E-state index in [0.29, 0.717) is 6.42 Å². The first kappa shape index (κ1) is 13.9. The lowest BCUT2D eigenvalue weighted by Gasteiger charge is -2.05. The van der Waals surface area contributed by atoms with Gasteiger partial charge in [0, 0.05) is 40.7 Å². The molecule has 0 unspecified atom stereocenters. The molecule has 0 atom stereocenters. The molecule has 3 rings (SSSR count). The van der Waals surface area contributed by atoms with Crippen molar-refractivity contribution in [3.63, 3.8) is 0 Å². The van der Waals surface area contributed by atoms with E-state index < -0.39 is 0 Å². The van der Waals surface area contributed by atoms with Crippen LogP contribution in [0.1, 0.15) is 23.2 Å². The first-order valence-electron chi connectivity index (χ1n) is 7.07. The van der Waals surface area contributed by atoms with Gasteiger partial charge in [0.2, 0.25) is 0 Å². The van der Waals surface area contributed by atoms with Crippen molar-refractivity contribution in [2.75, 3.05) is 0 Å². The van der Waals surface area contributed by atoms with E-state index in [9.17, 15) is 4.79 Å². The number of fused-ring (bicyclic) bond motifs is 1. The van der Waals surface area contributed by atoms with Crippen molar-refractivity contribution < 1.29 is 4.79 Å². The number of nitrogens with zero attached hydrogens (tertiary/aromatic N) is 1. The number of aromatic nitrogens is 1. The van der Waals surface area contributed by atoms with Gasteiger partial charge in [0.1, 0.15) is 0 Å². The summed E-state index contributed by atoms with van der Waals surface area (Å²) >= 11 is 6.17. The van der Waals surface area contributed by atoms with Gasteiger partial charge in [-0.15, -0.1) is 0 Å². The summed E-state index contributed by atoms with van der Waals surface area (Å²) in [4.78, 5) is 12.1. The SMILES string of the molecule is O=C(CCCn1ccc2c(Cl)cccc21)c1ccccc1. The Kier molecular flexibility index (Phi) is 4.07. The monoisotopic (exact) mass is 297 g/mol. The summed E-state index contributed by atoms with van der Waals surface area (Å²) < 4.78 is 2.15. The van der Waals surface area contributed by atoms with Crippen molar-refractivity contribution in [2.24, 2.45) is 0 Å². The Morgan fingerprint density at radius 2 is 1.81 bits per heavy atom. The van der Waals surface area contributed by atoms with E-state index in [4.69, 9.17) is 11.6 Å². The fourth-order valence-corrected chi connectivity index (χ4v) is 2.79. The minimum atomic E-state index is 0.199. The van der Waals surface area contributed by atoms with Crippen molar-refractivity contribution in [1.82, 2.24) is 4.57 Å². The zero-order valence-corrected chi connectivity index (χ0v) is 12.4. The Bertz CT molecular complexity index is 761. The molecule has 0 spiro atoms. The molecule has 1 aromatic heterocycles. The highest BCUT2D eigenvalue weighted by Gasteiger charge is 2.07. The fraction of sp³-hybridized carbons (Fsp3) is 0.167. The van der Waals surface area contributed by atoms with Crippen LogP contribution in [0, 0.1) is 0 Å². The normalized spacial score (nSPS) is 10.9. The van der Waals surface area contributed by atoms with Crippen LogP contribution in [0.3, 0.4) is 0 Å². The van der Waals surface area contributed by atoms with E-state index >= 15 is 0 Å². The average Bonchev–Trinajstić information content (AvgIpc) is 2.93. The number of carbonyl (C=O) groups is 1. The molecule has 0 saturated carbocycles. The molecule has 0 radical (unpaired) electrons. The quantitative estimate of drug-likeness (QED) is 0.610. The third-order valence-corrected chi connectivity index (χ3v) is 3.99. The lowest BCUT2D eigenvalue weighted by Crippen LogP contribution is -2.02. The Hall–Kier alpha value is -2.06. The smallest absolute Gasteiger partial charge is 0.162 e. The Morgan fingerprint density at radius 3 is 2.62 bits per heavy atom. The second-order valence-electron chi connectivity index (χ2n) is 5.07. The first-order valence-corrected chi connectivity index (χ1v) is 7.45. The minimum Gasteiger partial charge on any atom is -0.347 e. The molecule has 0 aliphatic rings. The molecule has 106 valence electrons. The van der Waals surface area contributed by atoms with Crippen molar-refractivity contribution in [2.45, 2.75) is 19.4 Å². The third-order valence-electron chi connectivity index (χ3n) is 3.66. The second-order valence-corrected chi connectivity index (χ2v) is 5.48. The van der Waals surface area contributed by atoms with E-state index in [1.165, 1.54) is 0 Å². The topological polar surface area (TPSA) is 22.0 Å². The van der Waals surface area contributed by atoms with Gasteiger partial charge in [0.25, 0.3) is 0 Å². The van der Waals surface area contributed by atoms with Gasteiger partial charge < -0.3 is 4.57 Å².